The molecular weight excluding hydrogens is 259 g/mol. The molecule has 0 aliphatic rings. The van der Waals surface area contributed by atoms with Gasteiger partial charge in [-0.15, -0.1) is 0 Å². The van der Waals surface area contributed by atoms with Crippen molar-refractivity contribution in [2.75, 3.05) is 6.61 Å². The molecule has 62 valence electrons. The molecule has 0 rings (SSSR count). The van der Waals surface area contributed by atoms with E-state index < -0.39 is 9.89 Å². The molecule has 0 aromatic rings. The molecule has 0 amide bonds. The van der Waals surface area contributed by atoms with Crippen LogP contribution in [0.5, 0.6) is 0 Å². The first-order valence-electron chi connectivity index (χ1n) is 3.03. The van der Waals surface area contributed by atoms with Gasteiger partial charge in [0, 0.05) is 6.21 Å². The van der Waals surface area contributed by atoms with Crippen LogP contribution in [0.15, 0.2) is 0 Å². The zero-order valence-electron chi connectivity index (χ0n) is 6.06. The summed E-state index contributed by atoms with van der Waals surface area (Å²) in [5.41, 5.74) is -0.178. The van der Waals surface area contributed by atoms with Crippen molar-refractivity contribution in [3.63, 3.8) is 0 Å². The number of ether oxygens (including phenoxy) is 1. The average molecular weight is 268 g/mol. The van der Waals surface area contributed by atoms with Crippen molar-refractivity contribution in [3.05, 3.63) is 0 Å². The summed E-state index contributed by atoms with van der Waals surface area (Å²) >= 11 is 1.82. The average Bonchev–Trinajstić information content (AvgIpc) is 2.02. The molecular formula is C6H9IN2O2. The number of hydrogen-bond acceptors (Lipinski definition) is 4. The predicted molar refractivity (Wildman–Crippen MR) is 51.0 cm³/mol. The van der Waals surface area contributed by atoms with E-state index in [9.17, 15) is 4.79 Å². The van der Waals surface area contributed by atoms with E-state index in [2.05, 4.69) is 4.74 Å². The largest absolute Gasteiger partial charge is 0.461 e. The first-order valence-corrected chi connectivity index (χ1v) is 4.28. The molecule has 1 atom stereocenters. The molecule has 0 aromatic carbocycles. The summed E-state index contributed by atoms with van der Waals surface area (Å²) in [5.74, 6) is -0.643. The number of rotatable bonds is 4. The fourth-order valence-corrected chi connectivity index (χ4v) is 0.659. The lowest BCUT2D eigenvalue weighted by molar-refractivity contribution is -0.135. The normalized spacial score (nSPS) is 11.8. The summed E-state index contributed by atoms with van der Waals surface area (Å²) in [6.45, 7) is 1.94. The number of alkyl halides is 1. The van der Waals surface area contributed by atoms with Gasteiger partial charge in [-0.25, -0.2) is 4.79 Å². The number of carbonyl (C=O) groups excluding carboxylic acids is 1. The van der Waals surface area contributed by atoms with Gasteiger partial charge in [-0.1, -0.05) is 22.6 Å². The van der Waals surface area contributed by atoms with Crippen LogP contribution in [0.2, 0.25) is 0 Å². The van der Waals surface area contributed by atoms with Gasteiger partial charge in [0.05, 0.1) is 10.5 Å². The van der Waals surface area contributed by atoms with E-state index in [1.807, 2.05) is 22.6 Å². The van der Waals surface area contributed by atoms with Gasteiger partial charge in [0.1, 0.15) is 5.71 Å². The molecule has 0 spiro atoms. The highest BCUT2D eigenvalue weighted by Gasteiger charge is 2.16. The fraction of sp³-hybridized carbons (Fsp3) is 0.500. The van der Waals surface area contributed by atoms with Gasteiger partial charge >= 0.3 is 5.97 Å². The van der Waals surface area contributed by atoms with Crippen LogP contribution in [0.4, 0.5) is 0 Å². The lowest BCUT2D eigenvalue weighted by atomic mass is 10.3. The van der Waals surface area contributed by atoms with E-state index in [0.29, 0.717) is 0 Å². The maximum absolute atomic E-state index is 10.8. The van der Waals surface area contributed by atoms with Crippen LogP contribution in [-0.4, -0.2) is 28.4 Å². The lowest BCUT2D eigenvalue weighted by Gasteiger charge is -2.04. The third-order valence-electron chi connectivity index (χ3n) is 0.917. The van der Waals surface area contributed by atoms with E-state index in [1.165, 1.54) is 0 Å². The molecule has 1 unspecified atom stereocenters. The second-order valence-electron chi connectivity index (χ2n) is 1.70. The lowest BCUT2D eigenvalue weighted by Crippen LogP contribution is -2.25. The van der Waals surface area contributed by atoms with Gasteiger partial charge in [0.25, 0.3) is 0 Å². The Morgan fingerprint density at radius 2 is 2.36 bits per heavy atom. The fourth-order valence-electron chi connectivity index (χ4n) is 0.405. The summed E-state index contributed by atoms with van der Waals surface area (Å²) in [6.07, 6.45) is 1.03. The van der Waals surface area contributed by atoms with E-state index in [4.69, 9.17) is 10.8 Å². The van der Waals surface area contributed by atoms with E-state index in [1.54, 1.807) is 6.92 Å². The second kappa shape index (κ2) is 5.22. The quantitative estimate of drug-likeness (QED) is 0.346. The Labute approximate surface area is 78.5 Å². The first kappa shape index (κ1) is 10.5. The Hall–Kier alpha value is -0.460. The number of esters is 1. The Balaban J connectivity index is 4.02. The van der Waals surface area contributed by atoms with Crippen molar-refractivity contribution < 1.29 is 9.53 Å². The molecule has 0 saturated heterocycles. The van der Waals surface area contributed by atoms with Gasteiger partial charge in [0.2, 0.25) is 0 Å². The predicted octanol–water partition coefficient (Wildman–Crippen LogP) is 1.02. The topological polar surface area (TPSA) is 74.0 Å². The highest BCUT2D eigenvalue weighted by molar-refractivity contribution is 14.1. The molecule has 4 nitrogen and oxygen atoms in total. The zero-order valence-corrected chi connectivity index (χ0v) is 8.21. The van der Waals surface area contributed by atoms with Gasteiger partial charge < -0.3 is 10.1 Å². The number of halogens is 1. The third-order valence-corrected chi connectivity index (χ3v) is 1.90. The summed E-state index contributed by atoms with van der Waals surface area (Å²) in [5, 5.41) is 14.0. The Morgan fingerprint density at radius 1 is 1.82 bits per heavy atom. The standard InChI is InChI=1S/C6H9IN2O2/c1-2-11-6(10)5(9)4(7)3-8/h3-4,8-9H,2H2,1H3. The summed E-state index contributed by atoms with van der Waals surface area (Å²) in [7, 11) is 0. The van der Waals surface area contributed by atoms with Gasteiger partial charge in [-0.3, -0.25) is 5.41 Å². The van der Waals surface area contributed by atoms with Crippen LogP contribution in [0.25, 0.3) is 0 Å². The molecule has 0 saturated carbocycles. The highest BCUT2D eigenvalue weighted by atomic mass is 127. The highest BCUT2D eigenvalue weighted by Crippen LogP contribution is 2.00. The molecule has 0 bridgehead atoms. The van der Waals surface area contributed by atoms with E-state index >= 15 is 0 Å². The summed E-state index contributed by atoms with van der Waals surface area (Å²) in [4.78, 5) is 10.8. The van der Waals surface area contributed by atoms with Crippen molar-refractivity contribution >= 4 is 40.5 Å². The first-order chi connectivity index (χ1) is 5.13. The molecule has 0 fully saturated rings. The number of hydrogen-bond donors (Lipinski definition) is 2. The third kappa shape index (κ3) is 3.45. The second-order valence-corrected chi connectivity index (χ2v) is 3.04. The molecule has 0 aliphatic carbocycles. The Kier molecular flexibility index (Phi) is 5.01. The summed E-state index contributed by atoms with van der Waals surface area (Å²) < 4.78 is 4.08. The van der Waals surface area contributed by atoms with Crippen LogP contribution in [0.3, 0.4) is 0 Å². The summed E-state index contributed by atoms with van der Waals surface area (Å²) in [6, 6.07) is 0. The maximum atomic E-state index is 10.8. The van der Waals surface area contributed by atoms with Crippen molar-refractivity contribution in [2.45, 2.75) is 10.8 Å². The Bertz CT molecular complexity index is 181. The van der Waals surface area contributed by atoms with Crippen LogP contribution in [-0.2, 0) is 9.53 Å². The van der Waals surface area contributed by atoms with Gasteiger partial charge in [-0.2, -0.15) is 0 Å². The molecule has 0 aliphatic heterocycles. The Morgan fingerprint density at radius 3 is 2.73 bits per heavy atom. The van der Waals surface area contributed by atoms with Gasteiger partial charge in [0.15, 0.2) is 0 Å². The molecule has 0 heterocycles. The monoisotopic (exact) mass is 268 g/mol. The smallest absolute Gasteiger partial charge is 0.353 e. The van der Waals surface area contributed by atoms with Crippen molar-refractivity contribution in [1.29, 1.82) is 10.8 Å². The van der Waals surface area contributed by atoms with Gasteiger partial charge in [-0.05, 0) is 6.92 Å². The van der Waals surface area contributed by atoms with Crippen molar-refractivity contribution in [3.8, 4) is 0 Å². The maximum Gasteiger partial charge on any atom is 0.353 e. The molecule has 0 aromatic heterocycles. The van der Waals surface area contributed by atoms with Crippen LogP contribution < -0.4 is 0 Å². The van der Waals surface area contributed by atoms with E-state index in [0.717, 1.165) is 6.21 Å². The minimum absolute atomic E-state index is 0.178. The van der Waals surface area contributed by atoms with Crippen LogP contribution in [0.1, 0.15) is 6.92 Å². The van der Waals surface area contributed by atoms with E-state index in [-0.39, 0.29) is 12.3 Å². The number of carbonyl (C=O) groups is 1. The zero-order chi connectivity index (χ0) is 8.85. The molecule has 0 radical (unpaired) electrons. The van der Waals surface area contributed by atoms with Crippen LogP contribution in [0, 0.1) is 10.8 Å². The molecule has 2 N–H and O–H groups in total. The van der Waals surface area contributed by atoms with Crippen LogP contribution >= 0.6 is 22.6 Å². The number of nitrogens with one attached hydrogen (secondary N) is 2. The van der Waals surface area contributed by atoms with Crippen molar-refractivity contribution in [2.24, 2.45) is 0 Å². The molecule has 5 heteroatoms. The molecule has 11 heavy (non-hydrogen) atoms. The minimum atomic E-state index is -0.643. The SMILES string of the molecule is CCOC(=O)C(=N)C(I)C=N. The minimum Gasteiger partial charge on any atom is -0.461 e. The van der Waals surface area contributed by atoms with Crippen molar-refractivity contribution in [1.82, 2.24) is 0 Å².